The lowest BCUT2D eigenvalue weighted by Gasteiger charge is -2.22. The van der Waals surface area contributed by atoms with Crippen LogP contribution in [-0.2, 0) is 11.3 Å². The summed E-state index contributed by atoms with van der Waals surface area (Å²) in [5.74, 6) is 1.63. The van der Waals surface area contributed by atoms with Crippen LogP contribution in [0.2, 0.25) is 0 Å². The van der Waals surface area contributed by atoms with Crippen LogP contribution >= 0.6 is 0 Å². The summed E-state index contributed by atoms with van der Waals surface area (Å²) in [5.41, 5.74) is 3.25. The van der Waals surface area contributed by atoms with Crippen LogP contribution in [0, 0.1) is 13.8 Å². The predicted molar refractivity (Wildman–Crippen MR) is 87.4 cm³/mol. The number of H-pyrrole nitrogens is 1. The number of nitrogens with one attached hydrogen (secondary N) is 1. The molecule has 3 aromatic heterocycles. The van der Waals surface area contributed by atoms with Crippen molar-refractivity contribution < 1.29 is 4.74 Å². The van der Waals surface area contributed by atoms with E-state index in [-0.39, 0.29) is 12.1 Å². The highest BCUT2D eigenvalue weighted by molar-refractivity contribution is 5.35. The van der Waals surface area contributed by atoms with Crippen LogP contribution in [0.1, 0.15) is 35.4 Å². The third-order valence-electron chi connectivity index (χ3n) is 4.68. The van der Waals surface area contributed by atoms with Gasteiger partial charge in [-0.1, -0.05) is 0 Å². The molecule has 0 unspecified atom stereocenters. The van der Waals surface area contributed by atoms with Gasteiger partial charge in [-0.3, -0.25) is 14.4 Å². The zero-order valence-electron chi connectivity index (χ0n) is 14.1. The van der Waals surface area contributed by atoms with Gasteiger partial charge in [-0.05, 0) is 26.3 Å². The summed E-state index contributed by atoms with van der Waals surface area (Å²) in [6.45, 7) is 5.69. The number of aromatic amines is 1. The van der Waals surface area contributed by atoms with Crippen LogP contribution in [0.4, 0.5) is 0 Å². The second-order valence-corrected chi connectivity index (χ2v) is 6.33. The number of imidazole rings is 1. The molecule has 1 aliphatic heterocycles. The normalized spacial score (nSPS) is 21.8. The molecule has 4 rings (SSSR count). The third-order valence-corrected chi connectivity index (χ3v) is 4.68. The fourth-order valence-corrected chi connectivity index (χ4v) is 3.58. The van der Waals surface area contributed by atoms with Crippen LogP contribution in [-0.4, -0.2) is 54.2 Å². The lowest BCUT2D eigenvalue weighted by atomic mass is 10.2. The molecular weight excluding hydrogens is 306 g/mol. The molecule has 2 atom stereocenters. The maximum atomic E-state index is 5.58. The molecule has 0 spiro atoms. The third kappa shape index (κ3) is 2.57. The van der Waals surface area contributed by atoms with E-state index >= 15 is 0 Å². The summed E-state index contributed by atoms with van der Waals surface area (Å²) < 4.78 is 7.69. The van der Waals surface area contributed by atoms with Gasteiger partial charge in [0.15, 0.2) is 0 Å². The minimum atomic E-state index is 0.168. The summed E-state index contributed by atoms with van der Waals surface area (Å²) in [5, 5.41) is 6.99. The molecule has 126 valence electrons. The van der Waals surface area contributed by atoms with Crippen molar-refractivity contribution in [1.29, 1.82) is 0 Å². The summed E-state index contributed by atoms with van der Waals surface area (Å²) in [6.07, 6.45) is 4.56. The molecule has 4 heterocycles. The molecule has 0 saturated carbocycles. The van der Waals surface area contributed by atoms with Crippen molar-refractivity contribution in [2.45, 2.75) is 39.0 Å². The van der Waals surface area contributed by atoms with Crippen LogP contribution in [0.15, 0.2) is 18.6 Å². The van der Waals surface area contributed by atoms with E-state index in [4.69, 9.17) is 4.74 Å². The first-order valence-electron chi connectivity index (χ1n) is 8.08. The molecule has 1 fully saturated rings. The monoisotopic (exact) mass is 327 g/mol. The Morgan fingerprint density at radius 1 is 1.33 bits per heavy atom. The molecule has 1 aliphatic rings. The lowest BCUT2D eigenvalue weighted by Crippen LogP contribution is -2.26. The first-order chi connectivity index (χ1) is 11.7. The Hall–Kier alpha value is -2.32. The molecular formula is C16H21N7O. The summed E-state index contributed by atoms with van der Waals surface area (Å²) in [7, 11) is 1.76. The highest BCUT2D eigenvalue weighted by atomic mass is 16.5. The summed E-state index contributed by atoms with van der Waals surface area (Å²) in [4.78, 5) is 15.7. The number of fused-ring (bicyclic) bond motifs is 1. The standard InChI is InChI=1S/C16H21N7O/c1-10-4-11(2)23-12(6-17-16(23)20-10)7-22-8-13(24-3)5-14(22)15-18-9-19-21-15/h4,6,9,13-14H,5,7-8H2,1-3H3,(H,18,19,21)/t13-,14+/m1/s1. The van der Waals surface area contributed by atoms with Crippen LogP contribution in [0.5, 0.6) is 0 Å². The highest BCUT2D eigenvalue weighted by Gasteiger charge is 2.35. The van der Waals surface area contributed by atoms with Gasteiger partial charge in [0.1, 0.15) is 12.2 Å². The molecule has 1 saturated heterocycles. The Bertz CT molecular complexity index is 842. The minimum Gasteiger partial charge on any atom is -0.380 e. The van der Waals surface area contributed by atoms with Gasteiger partial charge in [0.2, 0.25) is 5.78 Å². The molecule has 0 amide bonds. The van der Waals surface area contributed by atoms with E-state index in [1.807, 2.05) is 13.1 Å². The topological polar surface area (TPSA) is 84.2 Å². The van der Waals surface area contributed by atoms with Crippen molar-refractivity contribution in [3.8, 4) is 0 Å². The number of ether oxygens (including phenoxy) is 1. The maximum Gasteiger partial charge on any atom is 0.234 e. The molecule has 24 heavy (non-hydrogen) atoms. The van der Waals surface area contributed by atoms with Crippen LogP contribution < -0.4 is 0 Å². The fourth-order valence-electron chi connectivity index (χ4n) is 3.58. The van der Waals surface area contributed by atoms with Crippen molar-refractivity contribution in [3.63, 3.8) is 0 Å². The number of nitrogens with zero attached hydrogens (tertiary/aromatic N) is 6. The van der Waals surface area contributed by atoms with Crippen molar-refractivity contribution in [1.82, 2.24) is 34.4 Å². The minimum absolute atomic E-state index is 0.168. The quantitative estimate of drug-likeness (QED) is 0.780. The Morgan fingerprint density at radius 2 is 2.21 bits per heavy atom. The molecule has 8 heteroatoms. The number of hydrogen-bond donors (Lipinski definition) is 1. The zero-order valence-corrected chi connectivity index (χ0v) is 14.1. The molecule has 0 aromatic carbocycles. The number of hydrogen-bond acceptors (Lipinski definition) is 6. The number of rotatable bonds is 4. The van der Waals surface area contributed by atoms with E-state index in [9.17, 15) is 0 Å². The van der Waals surface area contributed by atoms with E-state index < -0.39 is 0 Å². The number of aromatic nitrogens is 6. The van der Waals surface area contributed by atoms with Gasteiger partial charge in [-0.25, -0.2) is 15.0 Å². The molecule has 3 aromatic rings. The Morgan fingerprint density at radius 3 is 2.96 bits per heavy atom. The van der Waals surface area contributed by atoms with Crippen molar-refractivity contribution >= 4 is 5.78 Å². The second-order valence-electron chi connectivity index (χ2n) is 6.33. The number of aryl methyl sites for hydroxylation is 2. The Kier molecular flexibility index (Phi) is 3.78. The van der Waals surface area contributed by atoms with Crippen LogP contribution in [0.25, 0.3) is 5.78 Å². The number of likely N-dealkylation sites (tertiary alicyclic amines) is 1. The van der Waals surface area contributed by atoms with Gasteiger partial charge in [0.25, 0.3) is 0 Å². The van der Waals surface area contributed by atoms with Gasteiger partial charge in [0, 0.05) is 31.6 Å². The van der Waals surface area contributed by atoms with Crippen molar-refractivity contribution in [3.05, 3.63) is 41.5 Å². The fraction of sp³-hybridized carbons (Fsp3) is 0.500. The number of methoxy groups -OCH3 is 1. The first-order valence-corrected chi connectivity index (χ1v) is 8.08. The van der Waals surface area contributed by atoms with Crippen molar-refractivity contribution in [2.24, 2.45) is 0 Å². The molecule has 8 nitrogen and oxygen atoms in total. The highest BCUT2D eigenvalue weighted by Crippen LogP contribution is 2.32. The van der Waals surface area contributed by atoms with E-state index in [0.29, 0.717) is 0 Å². The summed E-state index contributed by atoms with van der Waals surface area (Å²) in [6, 6.07) is 2.25. The molecule has 0 aliphatic carbocycles. The largest absolute Gasteiger partial charge is 0.380 e. The second kappa shape index (κ2) is 5.95. The van der Waals surface area contributed by atoms with E-state index in [1.165, 1.54) is 0 Å². The predicted octanol–water partition coefficient (Wildman–Crippen LogP) is 1.43. The SMILES string of the molecule is CO[C@@H]1C[C@@H](c2ncn[nH]2)N(Cc2cnc3nc(C)cc(C)n23)C1. The zero-order chi connectivity index (χ0) is 16.7. The van der Waals surface area contributed by atoms with Gasteiger partial charge in [-0.15, -0.1) is 0 Å². The molecule has 0 bridgehead atoms. The van der Waals surface area contributed by atoms with Crippen molar-refractivity contribution in [2.75, 3.05) is 13.7 Å². The first kappa shape index (κ1) is 15.2. The average molecular weight is 327 g/mol. The van der Waals surface area contributed by atoms with Gasteiger partial charge in [0.05, 0.1) is 24.0 Å². The smallest absolute Gasteiger partial charge is 0.234 e. The Balaban J connectivity index is 1.66. The summed E-state index contributed by atoms with van der Waals surface area (Å²) >= 11 is 0. The Labute approximate surface area is 139 Å². The maximum absolute atomic E-state index is 5.58. The van der Waals surface area contributed by atoms with E-state index in [0.717, 1.165) is 48.2 Å². The van der Waals surface area contributed by atoms with E-state index in [2.05, 4.69) is 47.4 Å². The molecule has 0 radical (unpaired) electrons. The van der Waals surface area contributed by atoms with Gasteiger partial charge < -0.3 is 4.74 Å². The average Bonchev–Trinajstić information content (AvgIpc) is 3.26. The van der Waals surface area contributed by atoms with Gasteiger partial charge in [-0.2, -0.15) is 5.10 Å². The van der Waals surface area contributed by atoms with Gasteiger partial charge >= 0.3 is 0 Å². The lowest BCUT2D eigenvalue weighted by molar-refractivity contribution is 0.107. The van der Waals surface area contributed by atoms with Crippen LogP contribution in [0.3, 0.4) is 0 Å². The molecule has 1 N–H and O–H groups in total. The van der Waals surface area contributed by atoms with E-state index in [1.54, 1.807) is 13.4 Å².